The maximum atomic E-state index is 12.5. The van der Waals surface area contributed by atoms with Crippen molar-refractivity contribution >= 4 is 11.7 Å². The molecular weight excluding hydrogens is 234 g/mol. The summed E-state index contributed by atoms with van der Waals surface area (Å²) in [6.45, 7) is 1.85. The predicted molar refractivity (Wildman–Crippen MR) is 66.1 cm³/mol. The molecule has 6 heteroatoms. The summed E-state index contributed by atoms with van der Waals surface area (Å²) in [6.07, 6.45) is 3.41. The van der Waals surface area contributed by atoms with Crippen molar-refractivity contribution in [3.05, 3.63) is 0 Å². The van der Waals surface area contributed by atoms with E-state index in [4.69, 9.17) is 10.9 Å². The van der Waals surface area contributed by atoms with Gasteiger partial charge in [0.2, 0.25) is 5.91 Å². The van der Waals surface area contributed by atoms with E-state index in [0.29, 0.717) is 19.3 Å². The van der Waals surface area contributed by atoms with Crippen LogP contribution in [0.25, 0.3) is 0 Å². The number of aliphatic hydroxyl groups is 1. The molecule has 18 heavy (non-hydrogen) atoms. The second-order valence-corrected chi connectivity index (χ2v) is 5.24. The Bertz CT molecular complexity index is 344. The first-order valence-corrected chi connectivity index (χ1v) is 6.56. The van der Waals surface area contributed by atoms with Crippen molar-refractivity contribution in [1.29, 1.82) is 0 Å². The molecule has 2 saturated heterocycles. The molecular formula is C12H21N3O3. The van der Waals surface area contributed by atoms with Crippen molar-refractivity contribution in [3.8, 4) is 0 Å². The second-order valence-electron chi connectivity index (χ2n) is 5.24. The first kappa shape index (κ1) is 13.1. The summed E-state index contributed by atoms with van der Waals surface area (Å²) < 4.78 is 0. The number of aliphatic hydroxyl groups excluding tert-OH is 1. The third kappa shape index (κ3) is 2.16. The van der Waals surface area contributed by atoms with Gasteiger partial charge in [0.15, 0.2) is 5.84 Å². The Kier molecular flexibility index (Phi) is 3.75. The number of nitrogens with two attached hydrogens (primary N) is 1. The fourth-order valence-electron chi connectivity index (χ4n) is 3.27. The van der Waals surface area contributed by atoms with Crippen LogP contribution in [-0.2, 0) is 4.79 Å². The highest BCUT2D eigenvalue weighted by molar-refractivity contribution is 6.02. The van der Waals surface area contributed by atoms with Crippen LogP contribution < -0.4 is 5.73 Å². The lowest BCUT2D eigenvalue weighted by atomic mass is 9.96. The van der Waals surface area contributed by atoms with Crippen molar-refractivity contribution in [2.45, 2.75) is 57.2 Å². The van der Waals surface area contributed by atoms with Gasteiger partial charge < -0.3 is 20.9 Å². The normalized spacial score (nSPS) is 33.6. The van der Waals surface area contributed by atoms with Crippen LogP contribution >= 0.6 is 0 Å². The molecule has 2 aliphatic rings. The quantitative estimate of drug-likeness (QED) is 0.292. The lowest BCUT2D eigenvalue weighted by molar-refractivity contribution is -0.139. The first-order chi connectivity index (χ1) is 8.58. The van der Waals surface area contributed by atoms with Crippen LogP contribution in [0.3, 0.4) is 0 Å². The van der Waals surface area contributed by atoms with Gasteiger partial charge in [0.05, 0.1) is 12.0 Å². The van der Waals surface area contributed by atoms with Gasteiger partial charge in [-0.25, -0.2) is 0 Å². The molecule has 0 aromatic rings. The zero-order valence-electron chi connectivity index (χ0n) is 10.6. The van der Waals surface area contributed by atoms with Gasteiger partial charge in [-0.2, -0.15) is 0 Å². The number of hydrogen-bond donors (Lipinski definition) is 3. The van der Waals surface area contributed by atoms with E-state index in [1.54, 1.807) is 0 Å². The van der Waals surface area contributed by atoms with Gasteiger partial charge >= 0.3 is 0 Å². The molecule has 0 aromatic carbocycles. The Morgan fingerprint density at radius 3 is 2.44 bits per heavy atom. The number of carbonyl (C=O) groups is 1. The monoisotopic (exact) mass is 255 g/mol. The maximum absolute atomic E-state index is 12.5. The van der Waals surface area contributed by atoms with Crippen molar-refractivity contribution in [2.24, 2.45) is 16.8 Å². The van der Waals surface area contributed by atoms with Crippen LogP contribution in [0.2, 0.25) is 0 Å². The molecule has 2 bridgehead atoms. The third-order valence-electron chi connectivity index (χ3n) is 4.14. The minimum absolute atomic E-state index is 0.0204. The summed E-state index contributed by atoms with van der Waals surface area (Å²) in [5, 5.41) is 21.4. The van der Waals surface area contributed by atoms with Gasteiger partial charge in [-0.1, -0.05) is 12.1 Å². The SMILES string of the molecule is CCC(C(=O)N1C2CCC1CC(O)C2)C(N)=NO. The van der Waals surface area contributed by atoms with Gasteiger partial charge in [-0.3, -0.25) is 4.79 Å². The first-order valence-electron chi connectivity index (χ1n) is 6.56. The Balaban J connectivity index is 2.14. The molecule has 6 nitrogen and oxygen atoms in total. The van der Waals surface area contributed by atoms with Crippen molar-refractivity contribution < 1.29 is 15.1 Å². The van der Waals surface area contributed by atoms with Crippen LogP contribution in [0.1, 0.15) is 39.0 Å². The van der Waals surface area contributed by atoms with E-state index in [9.17, 15) is 9.90 Å². The molecule has 3 atom stereocenters. The molecule has 2 rings (SSSR count). The summed E-state index contributed by atoms with van der Waals surface area (Å²) in [7, 11) is 0. The molecule has 0 saturated carbocycles. The molecule has 4 N–H and O–H groups in total. The fraction of sp³-hybridized carbons (Fsp3) is 0.833. The van der Waals surface area contributed by atoms with Crippen LogP contribution in [0, 0.1) is 5.92 Å². The molecule has 3 unspecified atom stereocenters. The van der Waals surface area contributed by atoms with Crippen molar-refractivity contribution in [2.75, 3.05) is 0 Å². The van der Waals surface area contributed by atoms with E-state index in [2.05, 4.69) is 5.16 Å². The van der Waals surface area contributed by atoms with Crippen LogP contribution in [0.5, 0.6) is 0 Å². The van der Waals surface area contributed by atoms with E-state index in [1.165, 1.54) is 0 Å². The smallest absolute Gasteiger partial charge is 0.233 e. The minimum atomic E-state index is -0.548. The second kappa shape index (κ2) is 5.14. The Morgan fingerprint density at radius 1 is 1.44 bits per heavy atom. The number of amidine groups is 1. The highest BCUT2D eigenvalue weighted by Crippen LogP contribution is 2.36. The fourth-order valence-corrected chi connectivity index (χ4v) is 3.27. The molecule has 102 valence electrons. The third-order valence-corrected chi connectivity index (χ3v) is 4.14. The van der Waals surface area contributed by atoms with E-state index >= 15 is 0 Å². The van der Waals surface area contributed by atoms with E-state index in [-0.39, 0.29) is 29.9 Å². The summed E-state index contributed by atoms with van der Waals surface area (Å²) in [4.78, 5) is 14.3. The Hall–Kier alpha value is -1.30. The van der Waals surface area contributed by atoms with Gasteiger partial charge in [0.1, 0.15) is 0 Å². The maximum Gasteiger partial charge on any atom is 0.233 e. The Labute approximate surface area is 106 Å². The number of carbonyl (C=O) groups excluding carboxylic acids is 1. The number of amides is 1. The van der Waals surface area contributed by atoms with E-state index in [1.807, 2.05) is 11.8 Å². The van der Waals surface area contributed by atoms with Crippen molar-refractivity contribution in [1.82, 2.24) is 4.90 Å². The summed E-state index contributed by atoms with van der Waals surface area (Å²) >= 11 is 0. The molecule has 2 fully saturated rings. The molecule has 2 aliphatic heterocycles. The highest BCUT2D eigenvalue weighted by Gasteiger charge is 2.44. The summed E-state index contributed by atoms with van der Waals surface area (Å²) in [5.41, 5.74) is 5.58. The largest absolute Gasteiger partial charge is 0.409 e. The number of nitrogens with zero attached hydrogens (tertiary/aromatic N) is 2. The average molecular weight is 255 g/mol. The molecule has 1 amide bonds. The minimum Gasteiger partial charge on any atom is -0.409 e. The van der Waals surface area contributed by atoms with Gasteiger partial charge in [-0.15, -0.1) is 0 Å². The molecule has 0 radical (unpaired) electrons. The molecule has 0 spiro atoms. The number of fused-ring (bicyclic) bond motifs is 2. The number of hydrogen-bond acceptors (Lipinski definition) is 4. The van der Waals surface area contributed by atoms with Crippen molar-refractivity contribution in [3.63, 3.8) is 0 Å². The van der Waals surface area contributed by atoms with Gasteiger partial charge in [0, 0.05) is 12.1 Å². The molecule has 0 aliphatic carbocycles. The summed E-state index contributed by atoms with van der Waals surface area (Å²) in [6, 6.07) is 0.235. The lowest BCUT2D eigenvalue weighted by Crippen LogP contribution is -2.52. The van der Waals surface area contributed by atoms with Crippen LogP contribution in [0.15, 0.2) is 5.16 Å². The lowest BCUT2D eigenvalue weighted by Gasteiger charge is -2.38. The highest BCUT2D eigenvalue weighted by atomic mass is 16.4. The van der Waals surface area contributed by atoms with E-state index < -0.39 is 5.92 Å². The van der Waals surface area contributed by atoms with Gasteiger partial charge in [0.25, 0.3) is 0 Å². The number of piperidine rings is 1. The topological polar surface area (TPSA) is 99.2 Å². The zero-order chi connectivity index (χ0) is 13.3. The number of oxime groups is 1. The van der Waals surface area contributed by atoms with Crippen LogP contribution in [0.4, 0.5) is 0 Å². The number of rotatable bonds is 3. The summed E-state index contributed by atoms with van der Waals surface area (Å²) in [5.74, 6) is -0.631. The zero-order valence-corrected chi connectivity index (χ0v) is 10.6. The average Bonchev–Trinajstić information content (AvgIpc) is 2.62. The van der Waals surface area contributed by atoms with E-state index in [0.717, 1.165) is 12.8 Å². The standard InChI is InChI=1S/C12H21N3O3/c1-2-10(11(13)14-18)12(17)15-7-3-4-8(15)6-9(16)5-7/h7-10,16,18H,2-6H2,1H3,(H2,13,14). The molecule has 2 heterocycles. The molecule has 0 aromatic heterocycles. The van der Waals surface area contributed by atoms with Gasteiger partial charge in [-0.05, 0) is 32.1 Å². The predicted octanol–water partition coefficient (Wildman–Crippen LogP) is 0.273. The van der Waals surface area contributed by atoms with Crippen LogP contribution in [-0.4, -0.2) is 45.1 Å². The Morgan fingerprint density at radius 2 is 2.00 bits per heavy atom.